The average Bonchev–Trinajstić information content (AvgIpc) is 3.50. The number of nitrogens with two attached hydrogens (primary N) is 1. The van der Waals surface area contributed by atoms with Crippen LogP contribution in [0.1, 0.15) is 146 Å². The Morgan fingerprint density at radius 1 is 1.13 bits per heavy atom. The molecular weight excluding hydrogens is 776 g/mol. The second-order valence-electron chi connectivity index (χ2n) is 21.0. The number of nitrogens with zero attached hydrogens (tertiary/aromatic N) is 3. The summed E-state index contributed by atoms with van der Waals surface area (Å²) in [5.41, 5.74) is 6.94. The Morgan fingerprint density at radius 2 is 1.82 bits per heavy atom. The first kappa shape index (κ1) is 47.8. The van der Waals surface area contributed by atoms with Crippen molar-refractivity contribution >= 4 is 35.6 Å². The smallest absolute Gasteiger partial charge is 0.309 e. The topological polar surface area (TPSA) is 154 Å². The molecule has 3 saturated carbocycles. The van der Waals surface area contributed by atoms with E-state index in [4.69, 9.17) is 22.1 Å². The van der Waals surface area contributed by atoms with Gasteiger partial charge in [-0.3, -0.25) is 19.2 Å². The van der Waals surface area contributed by atoms with Gasteiger partial charge in [-0.15, -0.1) is 0 Å². The first-order valence-corrected chi connectivity index (χ1v) is 22.9. The van der Waals surface area contributed by atoms with E-state index in [-0.39, 0.29) is 57.8 Å². The number of ether oxygens (including phenoxy) is 1. The molecule has 3 fully saturated rings. The van der Waals surface area contributed by atoms with Crippen LogP contribution >= 0.6 is 11.6 Å². The van der Waals surface area contributed by atoms with Gasteiger partial charge >= 0.3 is 11.9 Å². The zero-order valence-electron chi connectivity index (χ0n) is 38.4. The van der Waals surface area contributed by atoms with Gasteiger partial charge in [-0.05, 0) is 142 Å². The predicted octanol–water partition coefficient (Wildman–Crippen LogP) is 9.70. The number of carbonyl (C=O) groups is 4. The molecule has 5 rings (SSSR count). The van der Waals surface area contributed by atoms with Gasteiger partial charge in [0.1, 0.15) is 11.1 Å². The SMILES string of the molecule is CCC(CCC1(C)C(C)CCC2(C)C1CCC1C3=C(C(C)C)C(=O)CC3(/C(=C(\Cl)C=O)N(CCN)N(C)C3(C)C=CC(C#N)=CC3)CC[C@]12C)OC(=O)CC(C)(C)C(=O)O. The van der Waals surface area contributed by atoms with Crippen molar-refractivity contribution in [3.05, 3.63) is 45.7 Å². The summed E-state index contributed by atoms with van der Waals surface area (Å²) in [4.78, 5) is 52.4. The van der Waals surface area contributed by atoms with Crippen molar-refractivity contribution in [2.24, 2.45) is 56.5 Å². The molecule has 0 aromatic rings. The zero-order valence-corrected chi connectivity index (χ0v) is 39.1. The van der Waals surface area contributed by atoms with Crippen LogP contribution in [0.4, 0.5) is 0 Å². The molecule has 0 radical (unpaired) electrons. The van der Waals surface area contributed by atoms with Gasteiger partial charge in [0.2, 0.25) is 0 Å². The number of fused-ring (bicyclic) bond motifs is 5. The molecule has 0 bridgehead atoms. The number of rotatable bonds is 16. The number of carboxylic acids is 1. The van der Waals surface area contributed by atoms with Gasteiger partial charge < -0.3 is 20.6 Å². The number of Topliss-reactive ketones (excluding diaryl/α,β-unsaturated/α-hetero) is 1. The maximum atomic E-state index is 14.7. The van der Waals surface area contributed by atoms with Crippen molar-refractivity contribution < 1.29 is 29.0 Å². The molecular formula is C49H73ClN4O6. The minimum atomic E-state index is -1.19. The number of esters is 1. The van der Waals surface area contributed by atoms with Gasteiger partial charge in [0.05, 0.1) is 29.1 Å². The predicted molar refractivity (Wildman–Crippen MR) is 236 cm³/mol. The van der Waals surface area contributed by atoms with Crippen molar-refractivity contribution in [2.75, 3.05) is 20.1 Å². The number of aliphatic carboxylic acids is 1. The number of hydrazine groups is 1. The summed E-state index contributed by atoms with van der Waals surface area (Å²) in [6.07, 6.45) is 14.8. The summed E-state index contributed by atoms with van der Waals surface area (Å²) >= 11 is 7.19. The average molecular weight is 850 g/mol. The highest BCUT2D eigenvalue weighted by Crippen LogP contribution is 2.76. The fourth-order valence-corrected chi connectivity index (χ4v) is 13.1. The molecule has 8 unspecified atom stereocenters. The van der Waals surface area contributed by atoms with Crippen molar-refractivity contribution in [1.82, 2.24) is 10.0 Å². The van der Waals surface area contributed by atoms with Crippen molar-refractivity contribution in [3.63, 3.8) is 0 Å². The number of allylic oxidation sites excluding steroid dienone is 5. The summed E-state index contributed by atoms with van der Waals surface area (Å²) < 4.78 is 5.97. The third-order valence-corrected chi connectivity index (χ3v) is 17.3. The lowest BCUT2D eigenvalue weighted by molar-refractivity contribution is -0.187. The van der Waals surface area contributed by atoms with Crippen molar-refractivity contribution in [2.45, 2.75) is 158 Å². The van der Waals surface area contributed by atoms with Crippen LogP contribution in [0, 0.1) is 62.1 Å². The van der Waals surface area contributed by atoms with Crippen LogP contribution in [0.3, 0.4) is 0 Å². The van der Waals surface area contributed by atoms with Crippen LogP contribution < -0.4 is 5.73 Å². The molecule has 0 heterocycles. The normalized spacial score (nSPS) is 34.9. The maximum absolute atomic E-state index is 14.7. The number of ketones is 1. The molecule has 11 heteroatoms. The lowest BCUT2D eigenvalue weighted by Crippen LogP contribution is -2.63. The number of nitriles is 1. The Bertz CT molecular complexity index is 1890. The Hall–Kier alpha value is -3.26. The standard InChI is InChI=1S/C49H73ClN4O6/c1-12-34(60-39(57)28-44(5,6)43(58)59)18-21-46(8)32(4)15-22-48(10)38(46)14-13-35-41-40(31(2)3)37(56)27-49(41,24-23-47(35,48)9)42(36(50)30-55)54(26-25-51)53(11)45(7)19-16-33(29-52)17-20-45/h16-17,19,30-32,34-35,38H,12-15,18,20-28,51H2,1-11H3,(H,58,59)/b42-36+/t32?,34?,35?,38?,45?,46?,47-,48?,49?/m1/s1. The van der Waals surface area contributed by atoms with E-state index in [1.165, 1.54) is 5.57 Å². The first-order chi connectivity index (χ1) is 28.0. The first-order valence-electron chi connectivity index (χ1n) is 22.5. The Balaban J connectivity index is 1.55. The molecule has 5 aliphatic rings. The highest BCUT2D eigenvalue weighted by Gasteiger charge is 2.69. The number of carboxylic acid groups (broad SMARTS) is 1. The number of halogens is 1. The van der Waals surface area contributed by atoms with E-state index in [1.807, 2.05) is 32.2 Å². The summed E-state index contributed by atoms with van der Waals surface area (Å²) in [7, 11) is 1.99. The lowest BCUT2D eigenvalue weighted by Gasteiger charge is -2.70. The summed E-state index contributed by atoms with van der Waals surface area (Å²) in [5.74, 6) is -0.423. The highest BCUT2D eigenvalue weighted by atomic mass is 35.5. The molecule has 5 aliphatic carbocycles. The number of aldehydes is 1. The van der Waals surface area contributed by atoms with Gasteiger partial charge in [-0.2, -0.15) is 5.26 Å². The largest absolute Gasteiger partial charge is 0.481 e. The molecule has 0 amide bonds. The van der Waals surface area contributed by atoms with E-state index in [2.05, 4.69) is 64.6 Å². The van der Waals surface area contributed by atoms with E-state index in [0.29, 0.717) is 61.9 Å². The van der Waals surface area contributed by atoms with E-state index in [9.17, 15) is 29.5 Å². The van der Waals surface area contributed by atoms with Crippen LogP contribution in [0.15, 0.2) is 45.7 Å². The van der Waals surface area contributed by atoms with E-state index >= 15 is 0 Å². The maximum Gasteiger partial charge on any atom is 0.309 e. The molecule has 60 heavy (non-hydrogen) atoms. The van der Waals surface area contributed by atoms with E-state index in [0.717, 1.165) is 50.4 Å². The molecule has 0 aromatic carbocycles. The summed E-state index contributed by atoms with van der Waals surface area (Å²) in [5, 5.41) is 23.5. The molecule has 0 spiro atoms. The fourth-order valence-electron chi connectivity index (χ4n) is 12.9. The highest BCUT2D eigenvalue weighted by molar-refractivity contribution is 6.39. The molecule has 10 nitrogen and oxygen atoms in total. The van der Waals surface area contributed by atoms with Gasteiger partial charge in [0.15, 0.2) is 12.1 Å². The van der Waals surface area contributed by atoms with E-state index < -0.39 is 28.3 Å². The fraction of sp³-hybridized carbons (Fsp3) is 0.735. The zero-order chi connectivity index (χ0) is 44.8. The number of hydrogen-bond acceptors (Lipinski definition) is 9. The summed E-state index contributed by atoms with van der Waals surface area (Å²) in [6.45, 7) is 22.0. The van der Waals surface area contributed by atoms with Crippen LogP contribution in [0.2, 0.25) is 0 Å². The van der Waals surface area contributed by atoms with Gasteiger partial charge in [0.25, 0.3) is 0 Å². The van der Waals surface area contributed by atoms with Crippen LogP contribution in [0.5, 0.6) is 0 Å². The second kappa shape index (κ2) is 17.5. The molecule has 9 atom stereocenters. The van der Waals surface area contributed by atoms with Crippen LogP contribution in [0.25, 0.3) is 0 Å². The van der Waals surface area contributed by atoms with Gasteiger partial charge in [-0.25, -0.2) is 5.01 Å². The van der Waals surface area contributed by atoms with Crippen molar-refractivity contribution in [3.8, 4) is 6.07 Å². The number of hydrogen-bond donors (Lipinski definition) is 2. The van der Waals surface area contributed by atoms with Crippen LogP contribution in [-0.2, 0) is 23.9 Å². The Labute approximate surface area is 365 Å². The monoisotopic (exact) mass is 849 g/mol. The lowest BCUT2D eigenvalue weighted by atomic mass is 9.35. The van der Waals surface area contributed by atoms with E-state index in [1.54, 1.807) is 13.8 Å². The van der Waals surface area contributed by atoms with Gasteiger partial charge in [0, 0.05) is 37.5 Å². The Kier molecular flexibility index (Phi) is 13.9. The Morgan fingerprint density at radius 3 is 2.37 bits per heavy atom. The van der Waals surface area contributed by atoms with Crippen LogP contribution in [-0.4, -0.2) is 70.9 Å². The minimum absolute atomic E-state index is 0.0149. The molecule has 0 saturated heterocycles. The molecule has 332 valence electrons. The molecule has 0 aliphatic heterocycles. The van der Waals surface area contributed by atoms with Gasteiger partial charge in [-0.1, -0.05) is 72.2 Å². The third-order valence-electron chi connectivity index (χ3n) is 17.1. The van der Waals surface area contributed by atoms with Crippen molar-refractivity contribution in [1.29, 1.82) is 5.26 Å². The molecule has 0 aromatic heterocycles. The second-order valence-corrected chi connectivity index (χ2v) is 21.4. The third kappa shape index (κ3) is 7.98. The summed E-state index contributed by atoms with van der Waals surface area (Å²) in [6, 6.07) is 2.24. The molecule has 3 N–H and O–H groups in total. The number of carbonyl (C=O) groups excluding carboxylic acids is 3. The minimum Gasteiger partial charge on any atom is -0.481 e. The number of likely N-dealkylation sites (N-methyl/N-ethyl adjacent to an activating group) is 1. The quantitative estimate of drug-likeness (QED) is 0.0664.